The summed E-state index contributed by atoms with van der Waals surface area (Å²) in [5, 5.41) is 3.25. The van der Waals surface area contributed by atoms with Crippen molar-refractivity contribution in [3.05, 3.63) is 64.1 Å². The van der Waals surface area contributed by atoms with Gasteiger partial charge in [-0.25, -0.2) is 13.1 Å². The van der Waals surface area contributed by atoms with Gasteiger partial charge in [0.05, 0.1) is 15.5 Å². The number of halogens is 2. The standard InChI is InChI=1S/C15H14Cl2N2O3S/c16-11-6-7-14(17)13(10-11)15(20)18-8-9-19-23(21,22)12-4-2-1-3-5-12/h1-7,10,19H,8-9H2,(H,18,20). The third-order valence-corrected chi connectivity index (χ3v) is 4.97. The molecule has 0 aliphatic carbocycles. The van der Waals surface area contributed by atoms with Gasteiger partial charge in [-0.1, -0.05) is 41.4 Å². The van der Waals surface area contributed by atoms with Gasteiger partial charge in [-0.3, -0.25) is 4.79 Å². The van der Waals surface area contributed by atoms with Crippen LogP contribution in [0.2, 0.25) is 10.0 Å². The van der Waals surface area contributed by atoms with E-state index in [0.717, 1.165) is 0 Å². The average molecular weight is 373 g/mol. The van der Waals surface area contributed by atoms with Crippen molar-refractivity contribution in [3.63, 3.8) is 0 Å². The summed E-state index contributed by atoms with van der Waals surface area (Å²) in [5.74, 6) is -0.420. The van der Waals surface area contributed by atoms with Crippen LogP contribution < -0.4 is 10.0 Å². The first kappa shape index (κ1) is 17.7. The fourth-order valence-electron chi connectivity index (χ4n) is 1.81. The normalized spacial score (nSPS) is 11.2. The Kier molecular flexibility index (Phi) is 6.01. The van der Waals surface area contributed by atoms with Crippen molar-refractivity contribution >= 4 is 39.1 Å². The van der Waals surface area contributed by atoms with E-state index in [-0.39, 0.29) is 28.6 Å². The Hall–Kier alpha value is -1.60. The third-order valence-electron chi connectivity index (χ3n) is 2.93. The van der Waals surface area contributed by atoms with E-state index in [2.05, 4.69) is 10.0 Å². The molecule has 23 heavy (non-hydrogen) atoms. The molecule has 0 aromatic heterocycles. The molecule has 1 amide bonds. The molecule has 5 nitrogen and oxygen atoms in total. The Bertz CT molecular complexity index is 796. The van der Waals surface area contributed by atoms with Crippen LogP contribution in [0.25, 0.3) is 0 Å². The number of hydrogen-bond donors (Lipinski definition) is 2. The molecule has 0 aliphatic heterocycles. The number of sulfonamides is 1. The van der Waals surface area contributed by atoms with Crippen LogP contribution in [-0.2, 0) is 10.0 Å². The van der Waals surface area contributed by atoms with Gasteiger partial charge in [0.15, 0.2) is 0 Å². The smallest absolute Gasteiger partial charge is 0.252 e. The summed E-state index contributed by atoms with van der Waals surface area (Å²) in [7, 11) is -3.59. The molecule has 122 valence electrons. The first-order valence-electron chi connectivity index (χ1n) is 6.68. The Morgan fingerprint density at radius 3 is 2.39 bits per heavy atom. The van der Waals surface area contributed by atoms with Crippen molar-refractivity contribution in [2.75, 3.05) is 13.1 Å². The predicted octanol–water partition coefficient (Wildman–Crippen LogP) is 2.70. The van der Waals surface area contributed by atoms with Gasteiger partial charge in [0.1, 0.15) is 0 Å². The molecular weight excluding hydrogens is 359 g/mol. The van der Waals surface area contributed by atoms with E-state index >= 15 is 0 Å². The van der Waals surface area contributed by atoms with Crippen LogP contribution in [0.15, 0.2) is 53.4 Å². The molecule has 0 bridgehead atoms. The van der Waals surface area contributed by atoms with E-state index in [1.54, 1.807) is 24.3 Å². The molecule has 0 atom stereocenters. The third kappa shape index (κ3) is 4.94. The Morgan fingerprint density at radius 1 is 1.00 bits per heavy atom. The predicted molar refractivity (Wildman–Crippen MR) is 90.4 cm³/mol. The molecule has 2 N–H and O–H groups in total. The first-order valence-corrected chi connectivity index (χ1v) is 8.92. The Labute approximate surface area is 144 Å². The molecule has 0 aliphatic rings. The highest BCUT2D eigenvalue weighted by Crippen LogP contribution is 2.20. The van der Waals surface area contributed by atoms with Crippen molar-refractivity contribution in [1.82, 2.24) is 10.0 Å². The van der Waals surface area contributed by atoms with Crippen molar-refractivity contribution in [2.24, 2.45) is 0 Å². The number of benzene rings is 2. The molecule has 8 heteroatoms. The van der Waals surface area contributed by atoms with Gasteiger partial charge in [-0.05, 0) is 30.3 Å². The van der Waals surface area contributed by atoms with Crippen LogP contribution in [-0.4, -0.2) is 27.4 Å². The zero-order valence-electron chi connectivity index (χ0n) is 11.9. The van der Waals surface area contributed by atoms with Crippen LogP contribution in [0, 0.1) is 0 Å². The second kappa shape index (κ2) is 7.79. The molecule has 0 unspecified atom stereocenters. The molecule has 0 spiro atoms. The van der Waals surface area contributed by atoms with Crippen molar-refractivity contribution in [1.29, 1.82) is 0 Å². The van der Waals surface area contributed by atoms with Gasteiger partial charge in [0.25, 0.3) is 5.91 Å². The zero-order valence-corrected chi connectivity index (χ0v) is 14.3. The summed E-state index contributed by atoms with van der Waals surface area (Å²) >= 11 is 11.7. The fourth-order valence-corrected chi connectivity index (χ4v) is 3.24. The van der Waals surface area contributed by atoms with E-state index in [9.17, 15) is 13.2 Å². The van der Waals surface area contributed by atoms with E-state index in [1.807, 2.05) is 0 Å². The average Bonchev–Trinajstić information content (AvgIpc) is 2.54. The number of amides is 1. The maximum absolute atomic E-state index is 12.0. The highest BCUT2D eigenvalue weighted by molar-refractivity contribution is 7.89. The van der Waals surface area contributed by atoms with Crippen LogP contribution in [0.4, 0.5) is 0 Å². The largest absolute Gasteiger partial charge is 0.351 e. The summed E-state index contributed by atoms with van der Waals surface area (Å²) in [6, 6.07) is 12.5. The van der Waals surface area contributed by atoms with Gasteiger partial charge in [-0.15, -0.1) is 0 Å². The Morgan fingerprint density at radius 2 is 1.70 bits per heavy atom. The summed E-state index contributed by atoms with van der Waals surface area (Å²) in [6.45, 7) is 0.175. The van der Waals surface area contributed by atoms with Crippen LogP contribution in [0.1, 0.15) is 10.4 Å². The molecule has 0 radical (unpaired) electrons. The highest BCUT2D eigenvalue weighted by atomic mass is 35.5. The van der Waals surface area contributed by atoms with Crippen molar-refractivity contribution in [2.45, 2.75) is 4.90 Å². The molecular formula is C15H14Cl2N2O3S. The second-order valence-electron chi connectivity index (χ2n) is 4.59. The molecule has 2 aromatic rings. The molecule has 0 fully saturated rings. The van der Waals surface area contributed by atoms with Crippen LogP contribution in [0.5, 0.6) is 0 Å². The second-order valence-corrected chi connectivity index (χ2v) is 7.20. The summed E-state index contributed by atoms with van der Waals surface area (Å²) in [4.78, 5) is 12.2. The number of rotatable bonds is 6. The van der Waals surface area contributed by atoms with E-state index in [4.69, 9.17) is 23.2 Å². The molecule has 2 aromatic carbocycles. The highest BCUT2D eigenvalue weighted by Gasteiger charge is 2.13. The van der Waals surface area contributed by atoms with Crippen molar-refractivity contribution in [3.8, 4) is 0 Å². The molecule has 0 saturated carbocycles. The lowest BCUT2D eigenvalue weighted by atomic mass is 10.2. The monoisotopic (exact) mass is 372 g/mol. The Balaban J connectivity index is 1.88. The molecule has 2 rings (SSSR count). The number of hydrogen-bond acceptors (Lipinski definition) is 3. The summed E-state index contributed by atoms with van der Waals surface area (Å²) < 4.78 is 26.4. The van der Waals surface area contributed by atoms with Crippen LogP contribution >= 0.6 is 23.2 Å². The van der Waals surface area contributed by atoms with E-state index in [1.165, 1.54) is 24.3 Å². The maximum atomic E-state index is 12.0. The number of carbonyl (C=O) groups excluding carboxylic acids is 1. The minimum Gasteiger partial charge on any atom is -0.351 e. The topological polar surface area (TPSA) is 75.3 Å². The van der Waals surface area contributed by atoms with E-state index < -0.39 is 15.9 Å². The first-order chi connectivity index (χ1) is 10.9. The lowest BCUT2D eigenvalue weighted by Crippen LogP contribution is -2.34. The summed E-state index contributed by atoms with van der Waals surface area (Å²) in [5.41, 5.74) is 0.241. The van der Waals surface area contributed by atoms with Gasteiger partial charge in [0.2, 0.25) is 10.0 Å². The SMILES string of the molecule is O=C(NCCNS(=O)(=O)c1ccccc1)c1cc(Cl)ccc1Cl. The molecule has 0 heterocycles. The lowest BCUT2D eigenvalue weighted by Gasteiger charge is -2.09. The van der Waals surface area contributed by atoms with Crippen molar-refractivity contribution < 1.29 is 13.2 Å². The minimum atomic E-state index is -3.59. The van der Waals surface area contributed by atoms with Gasteiger partial charge in [-0.2, -0.15) is 0 Å². The molecule has 0 saturated heterocycles. The van der Waals surface area contributed by atoms with E-state index in [0.29, 0.717) is 5.02 Å². The van der Waals surface area contributed by atoms with Gasteiger partial charge < -0.3 is 5.32 Å². The zero-order chi connectivity index (χ0) is 16.9. The maximum Gasteiger partial charge on any atom is 0.252 e. The number of nitrogens with one attached hydrogen (secondary N) is 2. The minimum absolute atomic E-state index is 0.0567. The van der Waals surface area contributed by atoms with Gasteiger partial charge >= 0.3 is 0 Å². The fraction of sp³-hybridized carbons (Fsp3) is 0.133. The number of carbonyl (C=O) groups is 1. The lowest BCUT2D eigenvalue weighted by molar-refractivity contribution is 0.0954. The quantitative estimate of drug-likeness (QED) is 0.765. The van der Waals surface area contributed by atoms with Gasteiger partial charge in [0, 0.05) is 18.1 Å². The van der Waals surface area contributed by atoms with Crippen LogP contribution in [0.3, 0.4) is 0 Å². The summed E-state index contributed by atoms with van der Waals surface area (Å²) in [6.07, 6.45) is 0.